The van der Waals surface area contributed by atoms with Gasteiger partial charge in [0.25, 0.3) is 0 Å². The number of anilines is 1. The molecule has 1 aliphatic rings. The predicted octanol–water partition coefficient (Wildman–Crippen LogP) is 1.78. The third kappa shape index (κ3) is 5.66. The molecule has 1 aromatic heterocycles. The fraction of sp³-hybridized carbons (Fsp3) is 0.812. The number of nitrogens with zero attached hydrogens (tertiary/aromatic N) is 4. The Balaban J connectivity index is 2.08. The van der Waals surface area contributed by atoms with Crippen molar-refractivity contribution in [1.82, 2.24) is 20.1 Å². The average molecular weight is 356 g/mol. The van der Waals surface area contributed by atoms with Crippen LogP contribution in [-0.4, -0.2) is 58.3 Å². The van der Waals surface area contributed by atoms with Crippen molar-refractivity contribution in [2.75, 3.05) is 37.0 Å². The molecule has 1 saturated heterocycles. The van der Waals surface area contributed by atoms with Gasteiger partial charge in [0.05, 0.1) is 19.0 Å². The van der Waals surface area contributed by atoms with Crippen LogP contribution in [0, 0.1) is 5.92 Å². The van der Waals surface area contributed by atoms with E-state index in [-0.39, 0.29) is 11.4 Å². The lowest BCUT2D eigenvalue weighted by molar-refractivity contribution is -0.119. The highest BCUT2D eigenvalue weighted by atomic mass is 32.2. The van der Waals surface area contributed by atoms with Crippen LogP contribution in [0.3, 0.4) is 0 Å². The molecule has 1 fully saturated rings. The molecule has 7 nitrogen and oxygen atoms in total. The van der Waals surface area contributed by atoms with E-state index in [1.54, 1.807) is 0 Å². The zero-order valence-corrected chi connectivity index (χ0v) is 16.2. The lowest BCUT2D eigenvalue weighted by atomic mass is 10.1. The Morgan fingerprint density at radius 2 is 1.96 bits per heavy atom. The second-order valence-electron chi connectivity index (χ2n) is 7.47. The topological polar surface area (TPSA) is 72.3 Å². The molecular weight excluding hydrogens is 326 g/mol. The summed E-state index contributed by atoms with van der Waals surface area (Å²) in [6.07, 6.45) is 0. The highest BCUT2D eigenvalue weighted by Gasteiger charge is 2.22. The molecule has 136 valence electrons. The van der Waals surface area contributed by atoms with E-state index >= 15 is 0 Å². The molecule has 0 bridgehead atoms. The monoisotopic (exact) mass is 355 g/mol. The maximum atomic E-state index is 12.1. The Hall–Kier alpha value is -1.28. The highest BCUT2D eigenvalue weighted by molar-refractivity contribution is 7.99. The van der Waals surface area contributed by atoms with E-state index in [0.717, 1.165) is 30.7 Å². The van der Waals surface area contributed by atoms with Crippen LogP contribution in [0.4, 0.5) is 5.95 Å². The molecule has 1 amide bonds. The van der Waals surface area contributed by atoms with E-state index in [1.807, 2.05) is 20.8 Å². The van der Waals surface area contributed by atoms with Crippen molar-refractivity contribution in [3.63, 3.8) is 0 Å². The number of hydrogen-bond acceptors (Lipinski definition) is 6. The number of ether oxygens (including phenoxy) is 1. The SMILES string of the molecule is CC(C)Cn1c(SCC(=O)NC(C)(C)C)nnc1N1CCOCC1. The first-order valence-electron chi connectivity index (χ1n) is 8.46. The fourth-order valence-corrected chi connectivity index (χ4v) is 3.24. The lowest BCUT2D eigenvalue weighted by Crippen LogP contribution is -2.41. The maximum Gasteiger partial charge on any atom is 0.230 e. The van der Waals surface area contributed by atoms with Crippen molar-refractivity contribution in [3.05, 3.63) is 0 Å². The van der Waals surface area contributed by atoms with Crippen molar-refractivity contribution < 1.29 is 9.53 Å². The first-order chi connectivity index (χ1) is 11.3. The number of morpholine rings is 1. The first-order valence-corrected chi connectivity index (χ1v) is 9.44. The molecule has 2 heterocycles. The minimum atomic E-state index is -0.220. The van der Waals surface area contributed by atoms with E-state index in [2.05, 4.69) is 38.8 Å². The van der Waals surface area contributed by atoms with Gasteiger partial charge in [0.2, 0.25) is 11.9 Å². The molecule has 0 spiro atoms. The highest BCUT2D eigenvalue weighted by Crippen LogP contribution is 2.24. The first kappa shape index (κ1) is 19.1. The molecule has 1 aliphatic heterocycles. The van der Waals surface area contributed by atoms with E-state index in [4.69, 9.17) is 4.74 Å². The predicted molar refractivity (Wildman–Crippen MR) is 96.5 cm³/mol. The lowest BCUT2D eigenvalue weighted by Gasteiger charge is -2.28. The summed E-state index contributed by atoms with van der Waals surface area (Å²) in [5.74, 6) is 1.71. The second kappa shape index (κ2) is 8.20. The maximum absolute atomic E-state index is 12.1. The van der Waals surface area contributed by atoms with Gasteiger partial charge < -0.3 is 15.0 Å². The van der Waals surface area contributed by atoms with Crippen molar-refractivity contribution in [3.8, 4) is 0 Å². The van der Waals surface area contributed by atoms with E-state index in [1.165, 1.54) is 11.8 Å². The molecule has 2 rings (SSSR count). The number of nitrogens with one attached hydrogen (secondary N) is 1. The summed E-state index contributed by atoms with van der Waals surface area (Å²) in [6.45, 7) is 14.2. The smallest absolute Gasteiger partial charge is 0.230 e. The summed E-state index contributed by atoms with van der Waals surface area (Å²) in [5.41, 5.74) is -0.220. The quantitative estimate of drug-likeness (QED) is 0.784. The van der Waals surface area contributed by atoms with E-state index in [0.29, 0.717) is 24.9 Å². The summed E-state index contributed by atoms with van der Waals surface area (Å²) >= 11 is 1.44. The normalized spacial score (nSPS) is 15.8. The van der Waals surface area contributed by atoms with Gasteiger partial charge in [-0.1, -0.05) is 25.6 Å². The molecule has 0 aliphatic carbocycles. The van der Waals surface area contributed by atoms with E-state index < -0.39 is 0 Å². The Morgan fingerprint density at radius 3 is 2.54 bits per heavy atom. The molecule has 0 unspecified atom stereocenters. The number of amides is 1. The standard InChI is InChI=1S/C16H29N5O2S/c1-12(2)10-21-14(20-6-8-23-9-7-20)18-19-15(21)24-11-13(22)17-16(3,4)5/h12H,6-11H2,1-5H3,(H,17,22). The Bertz CT molecular complexity index is 547. The van der Waals surface area contributed by atoms with Crippen LogP contribution in [0.2, 0.25) is 0 Å². The second-order valence-corrected chi connectivity index (χ2v) is 8.42. The summed E-state index contributed by atoms with van der Waals surface area (Å²) in [5, 5.41) is 12.5. The van der Waals surface area contributed by atoms with Gasteiger partial charge >= 0.3 is 0 Å². The van der Waals surface area contributed by atoms with Crippen molar-refractivity contribution in [2.24, 2.45) is 5.92 Å². The van der Waals surface area contributed by atoms with Crippen molar-refractivity contribution in [2.45, 2.75) is 51.9 Å². The summed E-state index contributed by atoms with van der Waals surface area (Å²) in [6, 6.07) is 0. The zero-order valence-electron chi connectivity index (χ0n) is 15.3. The summed E-state index contributed by atoms with van der Waals surface area (Å²) in [7, 11) is 0. The van der Waals surface area contributed by atoms with Crippen LogP contribution >= 0.6 is 11.8 Å². The Morgan fingerprint density at radius 1 is 1.29 bits per heavy atom. The van der Waals surface area contributed by atoms with Gasteiger partial charge in [0.1, 0.15) is 0 Å². The van der Waals surface area contributed by atoms with Crippen LogP contribution < -0.4 is 10.2 Å². The summed E-state index contributed by atoms with van der Waals surface area (Å²) < 4.78 is 7.55. The van der Waals surface area contributed by atoms with Crippen LogP contribution in [0.25, 0.3) is 0 Å². The van der Waals surface area contributed by atoms with E-state index in [9.17, 15) is 4.79 Å². The van der Waals surface area contributed by atoms with Crippen molar-refractivity contribution in [1.29, 1.82) is 0 Å². The molecule has 0 aromatic carbocycles. The van der Waals surface area contributed by atoms with Gasteiger partial charge in [-0.25, -0.2) is 0 Å². The largest absolute Gasteiger partial charge is 0.378 e. The van der Waals surface area contributed by atoms with Gasteiger partial charge in [-0.2, -0.15) is 0 Å². The van der Waals surface area contributed by atoms with Gasteiger partial charge in [0, 0.05) is 25.2 Å². The van der Waals surface area contributed by atoms with Gasteiger partial charge in [-0.15, -0.1) is 10.2 Å². The molecule has 8 heteroatoms. The third-order valence-corrected chi connectivity index (χ3v) is 4.35. The number of thioether (sulfide) groups is 1. The molecule has 1 aromatic rings. The Kier molecular flexibility index (Phi) is 6.51. The van der Waals surface area contributed by atoms with Crippen LogP contribution in [0.1, 0.15) is 34.6 Å². The minimum Gasteiger partial charge on any atom is -0.378 e. The van der Waals surface area contributed by atoms with Gasteiger partial charge in [-0.3, -0.25) is 9.36 Å². The van der Waals surface area contributed by atoms with Gasteiger partial charge in [0.15, 0.2) is 5.16 Å². The van der Waals surface area contributed by atoms with Gasteiger partial charge in [-0.05, 0) is 26.7 Å². The number of carbonyl (C=O) groups is 1. The zero-order chi connectivity index (χ0) is 17.7. The third-order valence-electron chi connectivity index (χ3n) is 3.39. The molecule has 0 atom stereocenters. The number of hydrogen-bond donors (Lipinski definition) is 1. The van der Waals surface area contributed by atoms with Crippen LogP contribution in [0.15, 0.2) is 5.16 Å². The van der Waals surface area contributed by atoms with Crippen LogP contribution in [0.5, 0.6) is 0 Å². The fourth-order valence-electron chi connectivity index (χ4n) is 2.49. The van der Waals surface area contributed by atoms with Crippen molar-refractivity contribution >= 4 is 23.6 Å². The van der Waals surface area contributed by atoms with Crippen LogP contribution in [-0.2, 0) is 16.1 Å². The molecular formula is C16H29N5O2S. The number of rotatable bonds is 6. The molecule has 24 heavy (non-hydrogen) atoms. The molecule has 0 radical (unpaired) electrons. The Labute approximate surface area is 148 Å². The average Bonchev–Trinajstić information content (AvgIpc) is 2.86. The number of aromatic nitrogens is 3. The summed E-state index contributed by atoms with van der Waals surface area (Å²) in [4.78, 5) is 14.3. The molecule has 1 N–H and O–H groups in total. The minimum absolute atomic E-state index is 0.0134. The number of carbonyl (C=O) groups excluding carboxylic acids is 1. The molecule has 0 saturated carbocycles.